The number of carbonyl (C=O) groups excluding carboxylic acids is 2. The highest BCUT2D eigenvalue weighted by atomic mass is 16.7. The zero-order valence-corrected chi connectivity index (χ0v) is 16.4. The number of ether oxygens (including phenoxy) is 4. The van der Waals surface area contributed by atoms with E-state index in [2.05, 4.69) is 10.6 Å². The molecule has 0 bridgehead atoms. The maximum absolute atomic E-state index is 12.9. The van der Waals surface area contributed by atoms with Crippen LogP contribution in [-0.4, -0.2) is 31.0 Å². The third-order valence-electron chi connectivity index (χ3n) is 4.83. The first-order valence-corrected chi connectivity index (χ1v) is 9.17. The summed E-state index contributed by atoms with van der Waals surface area (Å²) in [5.74, 6) is 0.832. The van der Waals surface area contributed by atoms with Crippen LogP contribution in [0.5, 0.6) is 23.0 Å². The van der Waals surface area contributed by atoms with Crippen LogP contribution in [0.1, 0.15) is 24.1 Å². The van der Waals surface area contributed by atoms with Crippen molar-refractivity contribution in [1.29, 1.82) is 0 Å². The molecular weight excluding hydrogens is 392 g/mol. The Morgan fingerprint density at radius 1 is 1.20 bits per heavy atom. The molecular formula is C21H20N2O7. The lowest BCUT2D eigenvalue weighted by atomic mass is 9.95. The van der Waals surface area contributed by atoms with Crippen molar-refractivity contribution in [2.45, 2.75) is 19.6 Å². The first-order chi connectivity index (χ1) is 14.5. The van der Waals surface area contributed by atoms with Crippen LogP contribution < -0.4 is 24.8 Å². The van der Waals surface area contributed by atoms with E-state index in [9.17, 15) is 14.7 Å². The Bertz CT molecular complexity index is 1050. The molecule has 2 aliphatic rings. The molecule has 0 radical (unpaired) electrons. The van der Waals surface area contributed by atoms with Crippen LogP contribution in [0.4, 0.5) is 4.79 Å². The number of rotatable bonds is 5. The number of urea groups is 1. The monoisotopic (exact) mass is 412 g/mol. The highest BCUT2D eigenvalue weighted by molar-refractivity contribution is 5.95. The molecule has 0 spiro atoms. The number of nitrogens with one attached hydrogen (secondary N) is 2. The summed E-state index contributed by atoms with van der Waals surface area (Å²) in [6.07, 6.45) is 0. The second kappa shape index (κ2) is 7.86. The molecule has 0 aromatic heterocycles. The summed E-state index contributed by atoms with van der Waals surface area (Å²) in [7, 11) is 1.42. The highest BCUT2D eigenvalue weighted by Gasteiger charge is 2.32. The molecule has 0 saturated carbocycles. The summed E-state index contributed by atoms with van der Waals surface area (Å²) in [6, 6.07) is 8.67. The minimum atomic E-state index is -0.766. The molecule has 30 heavy (non-hydrogen) atoms. The predicted molar refractivity (Wildman–Crippen MR) is 104 cm³/mol. The largest absolute Gasteiger partial charge is 0.504 e. The molecule has 156 valence electrons. The van der Waals surface area contributed by atoms with Gasteiger partial charge in [0.1, 0.15) is 6.61 Å². The first-order valence-electron chi connectivity index (χ1n) is 9.17. The topological polar surface area (TPSA) is 115 Å². The van der Waals surface area contributed by atoms with E-state index in [4.69, 9.17) is 18.9 Å². The molecule has 1 atom stereocenters. The van der Waals surface area contributed by atoms with Crippen molar-refractivity contribution in [2.75, 3.05) is 13.9 Å². The average Bonchev–Trinajstić information content (AvgIpc) is 3.19. The Morgan fingerprint density at radius 3 is 2.80 bits per heavy atom. The lowest BCUT2D eigenvalue weighted by molar-refractivity contribution is -0.140. The second-order valence-electron chi connectivity index (χ2n) is 6.77. The number of hydrogen-bond acceptors (Lipinski definition) is 7. The first kappa shape index (κ1) is 19.4. The maximum atomic E-state index is 12.9. The summed E-state index contributed by atoms with van der Waals surface area (Å²) >= 11 is 0. The van der Waals surface area contributed by atoms with Gasteiger partial charge in [0.05, 0.1) is 18.7 Å². The normalized spacial score (nSPS) is 17.3. The third kappa shape index (κ3) is 3.69. The molecule has 0 aliphatic carbocycles. The quantitative estimate of drug-likeness (QED) is 0.646. The predicted octanol–water partition coefficient (Wildman–Crippen LogP) is 2.50. The number of phenolic OH excluding ortho intramolecular Hbond substituents is 1. The van der Waals surface area contributed by atoms with Crippen LogP contribution in [0, 0.1) is 0 Å². The highest BCUT2D eigenvalue weighted by Crippen LogP contribution is 2.35. The van der Waals surface area contributed by atoms with Gasteiger partial charge in [-0.25, -0.2) is 9.59 Å². The molecule has 9 nitrogen and oxygen atoms in total. The smallest absolute Gasteiger partial charge is 0.338 e. The van der Waals surface area contributed by atoms with E-state index in [1.165, 1.54) is 13.2 Å². The number of allylic oxidation sites excluding steroid dienone is 1. The lowest BCUT2D eigenvalue weighted by Crippen LogP contribution is -2.45. The summed E-state index contributed by atoms with van der Waals surface area (Å²) in [6.45, 7) is 1.81. The Morgan fingerprint density at radius 2 is 2.00 bits per heavy atom. The van der Waals surface area contributed by atoms with Gasteiger partial charge in [0.2, 0.25) is 6.79 Å². The molecule has 3 N–H and O–H groups in total. The number of fused-ring (bicyclic) bond motifs is 1. The molecule has 9 heteroatoms. The molecule has 0 unspecified atom stereocenters. The second-order valence-corrected chi connectivity index (χ2v) is 6.77. The minimum absolute atomic E-state index is 0.0197. The van der Waals surface area contributed by atoms with Gasteiger partial charge in [-0.15, -0.1) is 0 Å². The molecule has 4 rings (SSSR count). The number of methoxy groups -OCH3 is 1. The van der Waals surface area contributed by atoms with Crippen LogP contribution in [0.25, 0.3) is 0 Å². The molecule has 2 amide bonds. The van der Waals surface area contributed by atoms with Crippen molar-refractivity contribution < 1.29 is 33.6 Å². The van der Waals surface area contributed by atoms with Crippen molar-refractivity contribution >= 4 is 12.0 Å². The summed E-state index contributed by atoms with van der Waals surface area (Å²) in [4.78, 5) is 24.9. The SMILES string of the molecule is COc1cc([C@@H]2NC(=O)NC(C)=C2C(=O)OCc2ccc3c(c2)OCO3)ccc1O. The van der Waals surface area contributed by atoms with Gasteiger partial charge in [0.25, 0.3) is 0 Å². The van der Waals surface area contributed by atoms with E-state index in [0.29, 0.717) is 22.8 Å². The summed E-state index contributed by atoms with van der Waals surface area (Å²) < 4.78 is 21.2. The number of phenols is 1. The van der Waals surface area contributed by atoms with Gasteiger partial charge in [-0.1, -0.05) is 12.1 Å². The van der Waals surface area contributed by atoms with Gasteiger partial charge in [-0.2, -0.15) is 0 Å². The number of hydrogen-bond donors (Lipinski definition) is 3. The van der Waals surface area contributed by atoms with Crippen molar-refractivity contribution in [3.63, 3.8) is 0 Å². The van der Waals surface area contributed by atoms with Crippen LogP contribution >= 0.6 is 0 Å². The van der Waals surface area contributed by atoms with Crippen LogP contribution in [0.15, 0.2) is 47.7 Å². The number of carbonyl (C=O) groups is 2. The van der Waals surface area contributed by atoms with Crippen LogP contribution in [0.3, 0.4) is 0 Å². The van der Waals surface area contributed by atoms with Gasteiger partial charge in [-0.3, -0.25) is 0 Å². The molecule has 2 aliphatic heterocycles. The van der Waals surface area contributed by atoms with E-state index >= 15 is 0 Å². The van der Waals surface area contributed by atoms with Gasteiger partial charge < -0.3 is 34.7 Å². The van der Waals surface area contributed by atoms with Gasteiger partial charge >= 0.3 is 12.0 Å². The maximum Gasteiger partial charge on any atom is 0.338 e. The number of esters is 1. The van der Waals surface area contributed by atoms with E-state index < -0.39 is 18.0 Å². The Labute approximate surface area is 172 Å². The standard InChI is InChI=1S/C21H20N2O7/c1-11-18(20(25)28-9-12-3-6-15-17(7-12)30-10-29-15)19(23-21(26)22-11)13-4-5-14(24)16(8-13)27-2/h3-8,19,24H,9-10H2,1-2H3,(H2,22,23,26)/t19-/m0/s1. The van der Waals surface area contributed by atoms with Crippen LogP contribution in [0.2, 0.25) is 0 Å². The lowest BCUT2D eigenvalue weighted by Gasteiger charge is -2.28. The van der Waals surface area contributed by atoms with Crippen molar-refractivity contribution in [3.05, 3.63) is 58.8 Å². The molecule has 2 aromatic rings. The van der Waals surface area contributed by atoms with Gasteiger partial charge in [-0.05, 0) is 42.3 Å². The summed E-state index contributed by atoms with van der Waals surface area (Å²) in [5.41, 5.74) is 1.94. The fraction of sp³-hybridized carbons (Fsp3) is 0.238. The fourth-order valence-corrected chi connectivity index (χ4v) is 3.35. The Kier molecular flexibility index (Phi) is 5.09. The van der Waals surface area contributed by atoms with E-state index in [1.807, 2.05) is 0 Å². The van der Waals surface area contributed by atoms with E-state index in [0.717, 1.165) is 5.56 Å². The Hall–Kier alpha value is -3.88. The van der Waals surface area contributed by atoms with Crippen molar-refractivity contribution in [2.24, 2.45) is 0 Å². The minimum Gasteiger partial charge on any atom is -0.504 e. The summed E-state index contributed by atoms with van der Waals surface area (Å²) in [5, 5.41) is 15.2. The van der Waals surface area contributed by atoms with E-state index in [-0.39, 0.29) is 30.5 Å². The zero-order chi connectivity index (χ0) is 21.3. The van der Waals surface area contributed by atoms with E-state index in [1.54, 1.807) is 37.3 Å². The van der Waals surface area contributed by atoms with Crippen molar-refractivity contribution in [1.82, 2.24) is 10.6 Å². The van der Waals surface area contributed by atoms with Crippen LogP contribution in [-0.2, 0) is 16.1 Å². The number of aromatic hydroxyl groups is 1. The van der Waals surface area contributed by atoms with Crippen molar-refractivity contribution in [3.8, 4) is 23.0 Å². The Balaban J connectivity index is 1.57. The van der Waals surface area contributed by atoms with Gasteiger partial charge in [0.15, 0.2) is 23.0 Å². The fourth-order valence-electron chi connectivity index (χ4n) is 3.35. The third-order valence-corrected chi connectivity index (χ3v) is 4.83. The zero-order valence-electron chi connectivity index (χ0n) is 16.4. The average molecular weight is 412 g/mol. The molecule has 0 saturated heterocycles. The molecule has 0 fully saturated rings. The number of benzene rings is 2. The van der Waals surface area contributed by atoms with Gasteiger partial charge in [0, 0.05) is 5.70 Å². The number of amides is 2. The molecule has 2 aromatic carbocycles. The molecule has 2 heterocycles.